The summed E-state index contributed by atoms with van der Waals surface area (Å²) in [4.78, 5) is 44.1. The molecular weight excluding hydrogens is 570 g/mol. The van der Waals surface area contributed by atoms with E-state index in [0.29, 0.717) is 31.3 Å². The number of nitrogens with one attached hydrogen (secondary N) is 1. The van der Waals surface area contributed by atoms with Crippen molar-refractivity contribution in [3.63, 3.8) is 0 Å². The molecule has 11 heteroatoms. The Balaban J connectivity index is 1.44. The number of amides is 2. The molecule has 3 heterocycles. The molecule has 0 bridgehead atoms. The van der Waals surface area contributed by atoms with E-state index in [1.54, 1.807) is 30.3 Å². The maximum Gasteiger partial charge on any atom is 0.305 e. The molecule has 192 valence electrons. The van der Waals surface area contributed by atoms with E-state index in [4.69, 9.17) is 27.9 Å². The molecule has 2 aliphatic rings. The quantitative estimate of drug-likeness (QED) is 0.279. The van der Waals surface area contributed by atoms with E-state index in [1.165, 1.54) is 24.3 Å². The Labute approximate surface area is 234 Å². The molecule has 3 aromatic carbocycles. The number of hydrogen-bond acceptors (Lipinski definition) is 6. The summed E-state index contributed by atoms with van der Waals surface area (Å²) in [6.45, 7) is 0.228. The number of carbonyl (C=O) groups excluding carboxylic acids is 2. The fourth-order valence-corrected chi connectivity index (χ4v) is 7.64. The number of aromatic nitrogens is 1. The fraction of sp³-hybridized carbons (Fsp3) is 0.148. The molecule has 1 N–H and O–H groups in total. The summed E-state index contributed by atoms with van der Waals surface area (Å²) in [5, 5.41) is 0.775. The van der Waals surface area contributed by atoms with Gasteiger partial charge in [-0.25, -0.2) is 9.29 Å². The zero-order valence-corrected chi connectivity index (χ0v) is 22.5. The van der Waals surface area contributed by atoms with Crippen molar-refractivity contribution in [3.05, 3.63) is 108 Å². The van der Waals surface area contributed by atoms with E-state index in [9.17, 15) is 18.8 Å². The molecule has 6 nitrogen and oxygen atoms in total. The zero-order valence-electron chi connectivity index (χ0n) is 19.3. The largest absolute Gasteiger partial charge is 0.489 e. The van der Waals surface area contributed by atoms with Crippen LogP contribution in [0.25, 0.3) is 0 Å². The summed E-state index contributed by atoms with van der Waals surface area (Å²) < 4.78 is 19.7. The monoisotopic (exact) mass is 586 g/mol. The SMILES string of the molecule is O=C1C2Sc3[nH]c(=O)sc3C(c3cc(Cl)ccc3OCc3ccc(Cl)cc3)C2C(=O)N1c1ccc(F)cc1. The van der Waals surface area contributed by atoms with Gasteiger partial charge in [-0.05, 0) is 60.2 Å². The molecule has 2 amide bonds. The van der Waals surface area contributed by atoms with Crippen molar-refractivity contribution in [1.29, 1.82) is 0 Å². The lowest BCUT2D eigenvalue weighted by atomic mass is 9.82. The van der Waals surface area contributed by atoms with Crippen LogP contribution in [0.4, 0.5) is 10.1 Å². The normalized spacial score (nSPS) is 20.4. The molecule has 1 saturated heterocycles. The topological polar surface area (TPSA) is 79.5 Å². The maximum atomic E-state index is 13.9. The van der Waals surface area contributed by atoms with E-state index < -0.39 is 34.7 Å². The second-order valence-corrected chi connectivity index (χ2v) is 11.9. The van der Waals surface area contributed by atoms with E-state index in [1.807, 2.05) is 12.1 Å². The number of ether oxygens (including phenoxy) is 1. The molecule has 1 fully saturated rings. The first-order valence-corrected chi connectivity index (χ1v) is 13.9. The third-order valence-electron chi connectivity index (χ3n) is 6.52. The van der Waals surface area contributed by atoms with Gasteiger partial charge in [-0.3, -0.25) is 14.4 Å². The maximum absolute atomic E-state index is 13.9. The third-order valence-corrected chi connectivity index (χ3v) is 9.41. The van der Waals surface area contributed by atoms with Crippen molar-refractivity contribution < 1.29 is 18.7 Å². The minimum absolute atomic E-state index is 0.228. The van der Waals surface area contributed by atoms with Gasteiger partial charge in [0.05, 0.1) is 16.6 Å². The van der Waals surface area contributed by atoms with Gasteiger partial charge in [0, 0.05) is 26.4 Å². The lowest BCUT2D eigenvalue weighted by molar-refractivity contribution is -0.122. The zero-order chi connectivity index (χ0) is 26.6. The van der Waals surface area contributed by atoms with Crippen molar-refractivity contribution >= 4 is 63.8 Å². The highest BCUT2D eigenvalue weighted by molar-refractivity contribution is 8.00. The summed E-state index contributed by atoms with van der Waals surface area (Å²) in [5.74, 6) is -2.34. The Bertz CT molecular complexity index is 1620. The highest BCUT2D eigenvalue weighted by atomic mass is 35.5. The van der Waals surface area contributed by atoms with Gasteiger partial charge in [0.2, 0.25) is 11.8 Å². The Kier molecular flexibility index (Phi) is 6.55. The average molecular weight is 587 g/mol. The van der Waals surface area contributed by atoms with Gasteiger partial charge >= 0.3 is 4.87 Å². The lowest BCUT2D eigenvalue weighted by Gasteiger charge is -2.31. The van der Waals surface area contributed by atoms with Crippen LogP contribution in [0.15, 0.2) is 76.6 Å². The molecule has 38 heavy (non-hydrogen) atoms. The number of anilines is 1. The second kappa shape index (κ2) is 9.89. The number of thioether (sulfide) groups is 1. The fourth-order valence-electron chi connectivity index (χ4n) is 4.83. The number of rotatable bonds is 5. The van der Waals surface area contributed by atoms with Crippen molar-refractivity contribution in [2.24, 2.45) is 5.92 Å². The molecule has 0 aliphatic carbocycles. The van der Waals surface area contributed by atoms with Crippen LogP contribution >= 0.6 is 46.3 Å². The standard InChI is InChI=1S/C27H17Cl2FN2O4S2/c28-14-3-1-13(2-4-14)12-36-19-10-5-15(29)11-18(19)20-21-23(37-24-22(20)38-27(35)31-24)26(34)32(25(21)33)17-8-6-16(30)7-9-17/h1-11,20-21,23H,12H2,(H,31,35). The van der Waals surface area contributed by atoms with Gasteiger partial charge in [-0.1, -0.05) is 58.4 Å². The first-order chi connectivity index (χ1) is 18.3. The van der Waals surface area contributed by atoms with Gasteiger partial charge in [0.15, 0.2) is 0 Å². The number of nitrogens with zero attached hydrogens (tertiary/aromatic N) is 1. The number of imide groups is 1. The smallest absolute Gasteiger partial charge is 0.305 e. The van der Waals surface area contributed by atoms with Crippen LogP contribution in [0.1, 0.15) is 21.9 Å². The van der Waals surface area contributed by atoms with Crippen LogP contribution < -0.4 is 14.5 Å². The van der Waals surface area contributed by atoms with Crippen LogP contribution in [0.3, 0.4) is 0 Å². The first kappa shape index (κ1) is 25.2. The van der Waals surface area contributed by atoms with Crippen molar-refractivity contribution in [2.75, 3.05) is 4.90 Å². The van der Waals surface area contributed by atoms with Crippen LogP contribution in [0, 0.1) is 11.7 Å². The highest BCUT2D eigenvalue weighted by Crippen LogP contribution is 2.54. The summed E-state index contributed by atoms with van der Waals surface area (Å²) in [7, 11) is 0. The van der Waals surface area contributed by atoms with Crippen LogP contribution in [-0.2, 0) is 16.2 Å². The van der Waals surface area contributed by atoms with E-state index in [-0.39, 0.29) is 17.2 Å². The number of thiazole rings is 1. The summed E-state index contributed by atoms with van der Waals surface area (Å²) in [6.07, 6.45) is 0. The third kappa shape index (κ3) is 4.43. The number of fused-ring (bicyclic) bond motifs is 2. The average Bonchev–Trinajstić information content (AvgIpc) is 3.39. The summed E-state index contributed by atoms with van der Waals surface area (Å²) in [6, 6.07) is 17.6. The molecule has 0 radical (unpaired) electrons. The van der Waals surface area contributed by atoms with E-state index >= 15 is 0 Å². The van der Waals surface area contributed by atoms with E-state index in [2.05, 4.69) is 4.98 Å². The van der Waals surface area contributed by atoms with Crippen molar-refractivity contribution in [1.82, 2.24) is 4.98 Å². The highest BCUT2D eigenvalue weighted by Gasteiger charge is 2.56. The predicted molar refractivity (Wildman–Crippen MR) is 146 cm³/mol. The molecule has 0 spiro atoms. The number of halogens is 3. The van der Waals surface area contributed by atoms with Crippen molar-refractivity contribution in [3.8, 4) is 5.75 Å². The minimum Gasteiger partial charge on any atom is -0.489 e. The predicted octanol–water partition coefficient (Wildman–Crippen LogP) is 6.26. The van der Waals surface area contributed by atoms with Gasteiger partial charge in [-0.2, -0.15) is 0 Å². The summed E-state index contributed by atoms with van der Waals surface area (Å²) in [5.41, 5.74) is 1.77. The minimum atomic E-state index is -0.826. The number of H-pyrrole nitrogens is 1. The lowest BCUT2D eigenvalue weighted by Crippen LogP contribution is -2.32. The Morgan fingerprint density at radius 2 is 1.63 bits per heavy atom. The number of hydrogen-bond donors (Lipinski definition) is 1. The number of carbonyl (C=O) groups is 2. The van der Waals surface area contributed by atoms with Gasteiger partial charge in [-0.15, -0.1) is 0 Å². The first-order valence-electron chi connectivity index (χ1n) is 11.5. The Morgan fingerprint density at radius 1 is 0.921 bits per heavy atom. The second-order valence-electron chi connectivity index (χ2n) is 8.84. The molecule has 0 saturated carbocycles. The van der Waals surface area contributed by atoms with Gasteiger partial charge in [0.25, 0.3) is 0 Å². The molecule has 4 aromatic rings. The molecular formula is C27H17Cl2FN2O4S2. The van der Waals surface area contributed by atoms with Gasteiger partial charge in [0.1, 0.15) is 23.4 Å². The van der Waals surface area contributed by atoms with Crippen molar-refractivity contribution in [2.45, 2.75) is 22.8 Å². The van der Waals surface area contributed by atoms with Gasteiger partial charge < -0.3 is 9.72 Å². The molecule has 6 rings (SSSR count). The molecule has 3 atom stereocenters. The van der Waals surface area contributed by atoms with Crippen LogP contribution in [0.2, 0.25) is 10.0 Å². The number of benzene rings is 3. The Hall–Kier alpha value is -3.11. The van der Waals surface area contributed by atoms with Crippen LogP contribution in [-0.4, -0.2) is 22.0 Å². The molecule has 1 aromatic heterocycles. The Morgan fingerprint density at radius 3 is 2.37 bits per heavy atom. The number of aromatic amines is 1. The van der Waals surface area contributed by atoms with Crippen LogP contribution in [0.5, 0.6) is 5.75 Å². The molecule has 2 aliphatic heterocycles. The molecule has 3 unspecified atom stereocenters. The van der Waals surface area contributed by atoms with E-state index in [0.717, 1.165) is 33.6 Å². The summed E-state index contributed by atoms with van der Waals surface area (Å²) >= 11 is 14.6.